The largest absolute Gasteiger partial charge is 0.489 e. The van der Waals surface area contributed by atoms with Crippen molar-refractivity contribution in [1.82, 2.24) is 0 Å². The van der Waals surface area contributed by atoms with E-state index in [0.717, 1.165) is 18.1 Å². The molecule has 2 N–H and O–H groups in total. The van der Waals surface area contributed by atoms with Crippen molar-refractivity contribution in [2.24, 2.45) is 5.73 Å². The van der Waals surface area contributed by atoms with Crippen LogP contribution in [0, 0.1) is 11.6 Å². The molecule has 0 saturated carbocycles. The van der Waals surface area contributed by atoms with E-state index in [1.54, 1.807) is 0 Å². The highest BCUT2D eigenvalue weighted by Crippen LogP contribution is 2.16. The van der Waals surface area contributed by atoms with Gasteiger partial charge in [-0.3, -0.25) is 0 Å². The molecule has 1 unspecified atom stereocenters. The van der Waals surface area contributed by atoms with Crippen molar-refractivity contribution in [2.75, 3.05) is 0 Å². The van der Waals surface area contributed by atoms with Gasteiger partial charge in [-0.15, -0.1) is 0 Å². The number of hydrogen-bond acceptors (Lipinski definition) is 2. The van der Waals surface area contributed by atoms with E-state index in [4.69, 9.17) is 10.5 Å². The standard InChI is InChI=1S/C16H17F2NO/c1-11(19)8-12-2-6-15(7-3-12)20-10-13-4-5-14(17)9-16(13)18/h2-7,9,11H,8,10,19H2,1H3. The molecule has 2 aromatic rings. The predicted octanol–water partition coefficient (Wildman–Crippen LogP) is 3.43. The van der Waals surface area contributed by atoms with Gasteiger partial charge in [0.2, 0.25) is 0 Å². The first-order valence-corrected chi connectivity index (χ1v) is 6.46. The Labute approximate surface area is 117 Å². The van der Waals surface area contributed by atoms with Crippen molar-refractivity contribution in [2.45, 2.75) is 26.0 Å². The zero-order chi connectivity index (χ0) is 14.5. The lowest BCUT2D eigenvalue weighted by Crippen LogP contribution is -2.17. The minimum absolute atomic E-state index is 0.0682. The molecule has 0 heterocycles. The van der Waals surface area contributed by atoms with Crippen molar-refractivity contribution < 1.29 is 13.5 Å². The van der Waals surface area contributed by atoms with Gasteiger partial charge in [0.1, 0.15) is 24.0 Å². The summed E-state index contributed by atoms with van der Waals surface area (Å²) >= 11 is 0. The molecule has 0 amide bonds. The van der Waals surface area contributed by atoms with Gasteiger partial charge >= 0.3 is 0 Å². The molecular weight excluding hydrogens is 260 g/mol. The summed E-state index contributed by atoms with van der Waals surface area (Å²) in [6.07, 6.45) is 0.798. The van der Waals surface area contributed by atoms with Gasteiger partial charge in [0.25, 0.3) is 0 Å². The molecular formula is C16H17F2NO. The summed E-state index contributed by atoms with van der Waals surface area (Å²) in [5.74, 6) is -0.549. The van der Waals surface area contributed by atoms with Crippen LogP contribution in [0.15, 0.2) is 42.5 Å². The average molecular weight is 277 g/mol. The van der Waals surface area contributed by atoms with Gasteiger partial charge < -0.3 is 10.5 Å². The fourth-order valence-corrected chi connectivity index (χ4v) is 1.89. The first-order chi connectivity index (χ1) is 9.54. The maximum atomic E-state index is 13.4. The van der Waals surface area contributed by atoms with Crippen LogP contribution in [0.3, 0.4) is 0 Å². The van der Waals surface area contributed by atoms with E-state index < -0.39 is 11.6 Å². The minimum Gasteiger partial charge on any atom is -0.489 e. The van der Waals surface area contributed by atoms with E-state index >= 15 is 0 Å². The summed E-state index contributed by atoms with van der Waals surface area (Å²) in [6, 6.07) is 11.1. The highest BCUT2D eigenvalue weighted by Gasteiger charge is 2.05. The Hall–Kier alpha value is -1.94. The van der Waals surface area contributed by atoms with E-state index in [9.17, 15) is 8.78 Å². The van der Waals surface area contributed by atoms with Crippen LogP contribution in [0.2, 0.25) is 0 Å². The Morgan fingerprint density at radius 1 is 1.10 bits per heavy atom. The van der Waals surface area contributed by atoms with Crippen LogP contribution < -0.4 is 10.5 Å². The van der Waals surface area contributed by atoms with Gasteiger partial charge in [-0.25, -0.2) is 8.78 Å². The van der Waals surface area contributed by atoms with Crippen LogP contribution in [0.4, 0.5) is 8.78 Å². The quantitative estimate of drug-likeness (QED) is 0.908. The Morgan fingerprint density at radius 2 is 1.80 bits per heavy atom. The monoisotopic (exact) mass is 277 g/mol. The minimum atomic E-state index is -0.599. The molecule has 0 saturated heterocycles. The van der Waals surface area contributed by atoms with Crippen LogP contribution >= 0.6 is 0 Å². The molecule has 20 heavy (non-hydrogen) atoms. The molecule has 106 valence electrons. The number of ether oxygens (including phenoxy) is 1. The lowest BCUT2D eigenvalue weighted by atomic mass is 10.1. The number of nitrogens with two attached hydrogens (primary N) is 1. The van der Waals surface area contributed by atoms with Crippen molar-refractivity contribution in [1.29, 1.82) is 0 Å². The summed E-state index contributed by atoms with van der Waals surface area (Å²) in [7, 11) is 0. The molecule has 0 aliphatic carbocycles. The SMILES string of the molecule is CC(N)Cc1ccc(OCc2ccc(F)cc2F)cc1. The van der Waals surface area contributed by atoms with Crippen LogP contribution in [-0.2, 0) is 13.0 Å². The molecule has 4 heteroatoms. The molecule has 2 nitrogen and oxygen atoms in total. The molecule has 0 bridgehead atoms. The van der Waals surface area contributed by atoms with Gasteiger partial charge in [0.15, 0.2) is 0 Å². The van der Waals surface area contributed by atoms with Crippen molar-refractivity contribution >= 4 is 0 Å². The van der Waals surface area contributed by atoms with Crippen LogP contribution in [0.25, 0.3) is 0 Å². The molecule has 0 radical (unpaired) electrons. The molecule has 2 rings (SSSR count). The van der Waals surface area contributed by atoms with Crippen molar-refractivity contribution in [3.05, 3.63) is 65.2 Å². The van der Waals surface area contributed by atoms with E-state index in [1.807, 2.05) is 31.2 Å². The second-order valence-electron chi connectivity index (χ2n) is 4.85. The Balaban J connectivity index is 1.96. The Kier molecular flexibility index (Phi) is 4.69. The summed E-state index contributed by atoms with van der Waals surface area (Å²) in [4.78, 5) is 0. The smallest absolute Gasteiger partial charge is 0.132 e. The van der Waals surface area contributed by atoms with Crippen LogP contribution in [0.5, 0.6) is 5.75 Å². The lowest BCUT2D eigenvalue weighted by Gasteiger charge is -2.09. The molecule has 0 aliphatic heterocycles. The van der Waals surface area contributed by atoms with E-state index in [1.165, 1.54) is 12.1 Å². The zero-order valence-corrected chi connectivity index (χ0v) is 11.3. The third kappa shape index (κ3) is 4.03. The molecule has 0 aliphatic rings. The Bertz CT molecular complexity index is 567. The first kappa shape index (κ1) is 14.5. The average Bonchev–Trinajstić information content (AvgIpc) is 2.39. The fraction of sp³-hybridized carbons (Fsp3) is 0.250. The van der Waals surface area contributed by atoms with E-state index in [-0.39, 0.29) is 12.6 Å². The van der Waals surface area contributed by atoms with Gasteiger partial charge in [0.05, 0.1) is 0 Å². The van der Waals surface area contributed by atoms with Gasteiger partial charge in [-0.1, -0.05) is 12.1 Å². The fourth-order valence-electron chi connectivity index (χ4n) is 1.89. The van der Waals surface area contributed by atoms with Gasteiger partial charge in [-0.05, 0) is 43.2 Å². The van der Waals surface area contributed by atoms with Crippen molar-refractivity contribution in [3.8, 4) is 5.75 Å². The number of benzene rings is 2. The van der Waals surface area contributed by atoms with E-state index in [0.29, 0.717) is 11.3 Å². The predicted molar refractivity (Wildman–Crippen MR) is 74.5 cm³/mol. The van der Waals surface area contributed by atoms with Crippen LogP contribution in [-0.4, -0.2) is 6.04 Å². The molecule has 0 fully saturated rings. The lowest BCUT2D eigenvalue weighted by molar-refractivity contribution is 0.299. The summed E-state index contributed by atoms with van der Waals surface area (Å²) in [6.45, 7) is 2.01. The third-order valence-electron chi connectivity index (χ3n) is 2.89. The second-order valence-corrected chi connectivity index (χ2v) is 4.85. The van der Waals surface area contributed by atoms with Gasteiger partial charge in [0, 0.05) is 17.7 Å². The first-order valence-electron chi connectivity index (χ1n) is 6.46. The number of rotatable bonds is 5. The van der Waals surface area contributed by atoms with Gasteiger partial charge in [-0.2, -0.15) is 0 Å². The second kappa shape index (κ2) is 6.48. The molecule has 0 spiro atoms. The summed E-state index contributed by atoms with van der Waals surface area (Å²) in [5.41, 5.74) is 7.17. The normalized spacial score (nSPS) is 12.2. The highest BCUT2D eigenvalue weighted by atomic mass is 19.1. The summed E-state index contributed by atoms with van der Waals surface area (Å²) in [5, 5.41) is 0. The number of hydrogen-bond donors (Lipinski definition) is 1. The highest BCUT2D eigenvalue weighted by molar-refractivity contribution is 5.28. The topological polar surface area (TPSA) is 35.2 Å². The maximum Gasteiger partial charge on any atom is 0.132 e. The molecule has 0 aromatic heterocycles. The summed E-state index contributed by atoms with van der Waals surface area (Å²) < 4.78 is 31.7. The molecule has 1 atom stereocenters. The third-order valence-corrected chi connectivity index (χ3v) is 2.89. The molecule has 2 aromatic carbocycles. The van der Waals surface area contributed by atoms with Crippen molar-refractivity contribution in [3.63, 3.8) is 0 Å². The van der Waals surface area contributed by atoms with Crippen LogP contribution in [0.1, 0.15) is 18.1 Å². The zero-order valence-electron chi connectivity index (χ0n) is 11.3. The van der Waals surface area contributed by atoms with E-state index in [2.05, 4.69) is 0 Å². The number of halogens is 2. The Morgan fingerprint density at radius 3 is 2.40 bits per heavy atom. The maximum absolute atomic E-state index is 13.4.